The van der Waals surface area contributed by atoms with Gasteiger partial charge in [-0.15, -0.1) is 0 Å². The van der Waals surface area contributed by atoms with E-state index in [2.05, 4.69) is 10.4 Å². The second kappa shape index (κ2) is 8.68. The van der Waals surface area contributed by atoms with Crippen LogP contribution in [0.3, 0.4) is 0 Å². The van der Waals surface area contributed by atoms with Crippen LogP contribution in [-0.2, 0) is 20.9 Å². The van der Waals surface area contributed by atoms with Crippen molar-refractivity contribution in [2.24, 2.45) is 5.10 Å². The van der Waals surface area contributed by atoms with Gasteiger partial charge in [-0.3, -0.25) is 14.4 Å². The number of benzene rings is 2. The number of aryl methyl sites for hydroxylation is 1. The van der Waals surface area contributed by atoms with Crippen molar-refractivity contribution in [3.63, 3.8) is 0 Å². The van der Waals surface area contributed by atoms with Crippen molar-refractivity contribution >= 4 is 34.8 Å². The van der Waals surface area contributed by atoms with Gasteiger partial charge in [0.1, 0.15) is 5.71 Å². The van der Waals surface area contributed by atoms with Crippen molar-refractivity contribution in [3.05, 3.63) is 59.7 Å². The summed E-state index contributed by atoms with van der Waals surface area (Å²) in [4.78, 5) is 38.3. The molecule has 7 nitrogen and oxygen atoms in total. The Labute approximate surface area is 170 Å². The molecule has 2 aromatic rings. The monoisotopic (exact) mass is 392 g/mol. The molecule has 0 spiro atoms. The first-order valence-electron chi connectivity index (χ1n) is 9.43. The first-order chi connectivity index (χ1) is 13.8. The molecule has 0 unspecified atom stereocenters. The molecule has 0 bridgehead atoms. The summed E-state index contributed by atoms with van der Waals surface area (Å²) in [6.07, 6.45) is 0.497. The molecule has 0 atom stereocenters. The molecule has 3 amide bonds. The van der Waals surface area contributed by atoms with Crippen LogP contribution >= 0.6 is 0 Å². The summed E-state index contributed by atoms with van der Waals surface area (Å²) in [7, 11) is 1.71. The van der Waals surface area contributed by atoms with Gasteiger partial charge in [-0.1, -0.05) is 30.3 Å². The molecule has 1 aliphatic heterocycles. The van der Waals surface area contributed by atoms with Crippen LogP contribution in [0.25, 0.3) is 0 Å². The third-order valence-corrected chi connectivity index (χ3v) is 4.75. The van der Waals surface area contributed by atoms with E-state index in [-0.39, 0.29) is 30.6 Å². The summed E-state index contributed by atoms with van der Waals surface area (Å²) in [5.74, 6) is -0.557. The predicted octanol–water partition coefficient (Wildman–Crippen LogP) is 3.09. The van der Waals surface area contributed by atoms with Gasteiger partial charge in [0.05, 0.1) is 5.69 Å². The van der Waals surface area contributed by atoms with E-state index in [1.165, 1.54) is 11.9 Å². The second-order valence-electron chi connectivity index (χ2n) is 7.08. The van der Waals surface area contributed by atoms with Gasteiger partial charge in [0.25, 0.3) is 5.91 Å². The van der Waals surface area contributed by atoms with Crippen molar-refractivity contribution in [3.8, 4) is 0 Å². The van der Waals surface area contributed by atoms with Gasteiger partial charge >= 0.3 is 0 Å². The van der Waals surface area contributed by atoms with Gasteiger partial charge < -0.3 is 10.2 Å². The number of nitrogens with zero attached hydrogens (tertiary/aromatic N) is 3. The lowest BCUT2D eigenvalue weighted by atomic mass is 10.1. The number of hydrogen-bond acceptors (Lipinski definition) is 4. The molecule has 0 aliphatic carbocycles. The van der Waals surface area contributed by atoms with Crippen LogP contribution in [0.1, 0.15) is 30.9 Å². The number of hydrazone groups is 1. The van der Waals surface area contributed by atoms with E-state index in [0.717, 1.165) is 11.1 Å². The Bertz CT molecular complexity index is 984. The number of para-hydroxylation sites is 1. The smallest absolute Gasteiger partial charge is 0.271 e. The quantitative estimate of drug-likeness (QED) is 0.849. The Hall–Kier alpha value is -3.48. The lowest BCUT2D eigenvalue weighted by Gasteiger charge is -2.24. The molecule has 0 aromatic heterocycles. The van der Waals surface area contributed by atoms with Crippen LogP contribution in [-0.4, -0.2) is 35.4 Å². The summed E-state index contributed by atoms with van der Waals surface area (Å²) in [5.41, 5.74) is 3.38. The predicted molar refractivity (Wildman–Crippen MR) is 113 cm³/mol. The molecule has 29 heavy (non-hydrogen) atoms. The van der Waals surface area contributed by atoms with E-state index in [9.17, 15) is 14.4 Å². The summed E-state index contributed by atoms with van der Waals surface area (Å²) >= 11 is 0. The normalized spacial score (nSPS) is 13.7. The minimum atomic E-state index is -0.354. The van der Waals surface area contributed by atoms with Crippen LogP contribution in [0.4, 0.5) is 11.4 Å². The topological polar surface area (TPSA) is 82.1 Å². The summed E-state index contributed by atoms with van der Waals surface area (Å²) in [6.45, 7) is 3.81. The van der Waals surface area contributed by atoms with Gasteiger partial charge in [0.15, 0.2) is 0 Å². The van der Waals surface area contributed by atoms with Crippen LogP contribution in [0.15, 0.2) is 53.6 Å². The number of hydrogen-bond donors (Lipinski definition) is 1. The molecular formula is C22H24N4O3. The van der Waals surface area contributed by atoms with Crippen molar-refractivity contribution < 1.29 is 14.4 Å². The van der Waals surface area contributed by atoms with Crippen LogP contribution in [0, 0.1) is 6.92 Å². The van der Waals surface area contributed by atoms with Crippen LogP contribution < -0.4 is 10.3 Å². The number of anilines is 2. The highest BCUT2D eigenvalue weighted by atomic mass is 16.2. The van der Waals surface area contributed by atoms with Gasteiger partial charge in [-0.2, -0.15) is 5.10 Å². The zero-order valence-electron chi connectivity index (χ0n) is 16.8. The maximum Gasteiger partial charge on any atom is 0.271 e. The fraction of sp³-hybridized carbons (Fsp3) is 0.273. The minimum absolute atomic E-state index is 0.0601. The highest BCUT2D eigenvalue weighted by Gasteiger charge is 2.26. The van der Waals surface area contributed by atoms with Crippen molar-refractivity contribution in [1.82, 2.24) is 4.90 Å². The number of nitrogens with one attached hydrogen (secondary N) is 1. The lowest BCUT2D eigenvalue weighted by molar-refractivity contribution is -0.128. The molecule has 0 saturated carbocycles. The average molecular weight is 392 g/mol. The van der Waals surface area contributed by atoms with E-state index in [0.29, 0.717) is 23.6 Å². The van der Waals surface area contributed by atoms with Gasteiger partial charge in [0, 0.05) is 39.0 Å². The van der Waals surface area contributed by atoms with Crippen LogP contribution in [0.2, 0.25) is 0 Å². The molecule has 1 heterocycles. The maximum atomic E-state index is 12.8. The first kappa shape index (κ1) is 20.3. The van der Waals surface area contributed by atoms with E-state index < -0.39 is 0 Å². The molecular weight excluding hydrogens is 368 g/mol. The van der Waals surface area contributed by atoms with E-state index in [1.54, 1.807) is 24.1 Å². The molecule has 0 fully saturated rings. The molecule has 1 aliphatic rings. The highest BCUT2D eigenvalue weighted by Crippen LogP contribution is 2.22. The number of carbonyl (C=O) groups excluding carboxylic acids is 3. The average Bonchev–Trinajstić information content (AvgIpc) is 2.69. The SMILES string of the molecule is CC(=O)N(C)Cc1ccccc1NC(=O)C1=NN(c2cccc(C)c2)C(=O)CC1. The van der Waals surface area contributed by atoms with Crippen LogP contribution in [0.5, 0.6) is 0 Å². The first-order valence-corrected chi connectivity index (χ1v) is 9.43. The summed E-state index contributed by atoms with van der Waals surface area (Å²) < 4.78 is 0. The summed E-state index contributed by atoms with van der Waals surface area (Å²) in [5, 5.41) is 8.48. The third kappa shape index (κ3) is 4.87. The minimum Gasteiger partial charge on any atom is -0.342 e. The Balaban J connectivity index is 1.81. The summed E-state index contributed by atoms with van der Waals surface area (Å²) in [6, 6.07) is 14.8. The van der Waals surface area contributed by atoms with Gasteiger partial charge in [-0.25, -0.2) is 5.01 Å². The highest BCUT2D eigenvalue weighted by molar-refractivity contribution is 6.44. The molecule has 1 N–H and O–H groups in total. The van der Waals surface area contributed by atoms with E-state index in [4.69, 9.17) is 0 Å². The fourth-order valence-corrected chi connectivity index (χ4v) is 3.02. The number of amides is 3. The van der Waals surface area contributed by atoms with Crippen molar-refractivity contribution in [2.45, 2.75) is 33.2 Å². The molecule has 0 radical (unpaired) electrons. The Morgan fingerprint density at radius 2 is 1.90 bits per heavy atom. The van der Waals surface area contributed by atoms with E-state index >= 15 is 0 Å². The van der Waals surface area contributed by atoms with Crippen molar-refractivity contribution in [2.75, 3.05) is 17.4 Å². The maximum absolute atomic E-state index is 12.8. The molecule has 7 heteroatoms. The number of rotatable bonds is 5. The Morgan fingerprint density at radius 1 is 1.14 bits per heavy atom. The second-order valence-corrected chi connectivity index (χ2v) is 7.08. The zero-order valence-corrected chi connectivity index (χ0v) is 16.8. The third-order valence-electron chi connectivity index (χ3n) is 4.75. The molecule has 150 valence electrons. The molecule has 2 aromatic carbocycles. The molecule has 3 rings (SSSR count). The van der Waals surface area contributed by atoms with Gasteiger partial charge in [-0.05, 0) is 36.2 Å². The van der Waals surface area contributed by atoms with E-state index in [1.807, 2.05) is 43.3 Å². The molecule has 0 saturated heterocycles. The van der Waals surface area contributed by atoms with Gasteiger partial charge in [0.2, 0.25) is 11.8 Å². The number of carbonyl (C=O) groups is 3. The Morgan fingerprint density at radius 3 is 2.62 bits per heavy atom. The lowest BCUT2D eigenvalue weighted by Crippen LogP contribution is -2.36. The Kier molecular flexibility index (Phi) is 6.07. The largest absolute Gasteiger partial charge is 0.342 e. The standard InChI is InChI=1S/C22H24N4O3/c1-15-7-6-9-18(13-15)26-21(28)12-11-20(24-26)22(29)23-19-10-5-4-8-17(19)14-25(3)16(2)27/h4-10,13H,11-12,14H2,1-3H3,(H,23,29). The fourth-order valence-electron chi connectivity index (χ4n) is 3.02. The van der Waals surface area contributed by atoms with Crippen molar-refractivity contribution in [1.29, 1.82) is 0 Å². The zero-order chi connectivity index (χ0) is 21.0.